The summed E-state index contributed by atoms with van der Waals surface area (Å²) in [5.41, 5.74) is 0.981. The van der Waals surface area contributed by atoms with E-state index in [-0.39, 0.29) is 5.88 Å². The van der Waals surface area contributed by atoms with Crippen LogP contribution >= 0.6 is 0 Å². The average Bonchev–Trinajstić information content (AvgIpc) is 2.89. The zero-order valence-corrected chi connectivity index (χ0v) is 10.2. The zero-order valence-electron chi connectivity index (χ0n) is 10.2. The van der Waals surface area contributed by atoms with Gasteiger partial charge in [0, 0.05) is 18.5 Å². The van der Waals surface area contributed by atoms with Crippen molar-refractivity contribution in [1.29, 1.82) is 0 Å². The summed E-state index contributed by atoms with van der Waals surface area (Å²) in [6.45, 7) is 1.09. The van der Waals surface area contributed by atoms with Crippen molar-refractivity contribution in [3.63, 3.8) is 0 Å². The van der Waals surface area contributed by atoms with Gasteiger partial charge in [0.05, 0.1) is 17.5 Å². The molecular weight excluding hydrogens is 250 g/mol. The van der Waals surface area contributed by atoms with Crippen LogP contribution in [0.2, 0.25) is 0 Å². The van der Waals surface area contributed by atoms with Crippen molar-refractivity contribution >= 4 is 5.97 Å². The summed E-state index contributed by atoms with van der Waals surface area (Å²) in [5.74, 6) is -0.939. The number of ether oxygens (including phenoxy) is 1. The molecule has 19 heavy (non-hydrogen) atoms. The summed E-state index contributed by atoms with van der Waals surface area (Å²) in [6.07, 6.45) is 2.51. The summed E-state index contributed by atoms with van der Waals surface area (Å²) in [7, 11) is 0. The van der Waals surface area contributed by atoms with Gasteiger partial charge in [0.1, 0.15) is 0 Å². The maximum atomic E-state index is 10.4. The molecule has 0 aliphatic heterocycles. The molecule has 7 nitrogen and oxygen atoms in total. The molecule has 0 aliphatic rings. The smallest absolute Gasteiger partial charge is 0.341 e. The lowest BCUT2D eigenvalue weighted by atomic mass is 10.2. The third-order valence-corrected chi connectivity index (χ3v) is 2.37. The summed E-state index contributed by atoms with van der Waals surface area (Å²) in [6, 6.07) is 4.95. The number of hydrogen-bond acceptors (Lipinski definition) is 5. The van der Waals surface area contributed by atoms with Crippen LogP contribution in [-0.2, 0) is 4.79 Å². The van der Waals surface area contributed by atoms with Gasteiger partial charge >= 0.3 is 5.97 Å². The highest BCUT2D eigenvalue weighted by Crippen LogP contribution is 2.22. The Hall–Kier alpha value is -2.41. The molecule has 0 bridgehead atoms. The second-order valence-electron chi connectivity index (χ2n) is 3.86. The minimum atomic E-state index is -1.09. The summed E-state index contributed by atoms with van der Waals surface area (Å²) in [4.78, 5) is 14.5. The Labute approximate surface area is 109 Å². The van der Waals surface area contributed by atoms with Gasteiger partial charge in [-0.3, -0.25) is 0 Å². The topological polar surface area (TPSA) is 97.5 Å². The van der Waals surface area contributed by atoms with Crippen molar-refractivity contribution in [2.45, 2.75) is 13.0 Å². The fourth-order valence-corrected chi connectivity index (χ4v) is 1.58. The summed E-state index contributed by atoms with van der Waals surface area (Å²) < 4.78 is 6.54. The van der Waals surface area contributed by atoms with Crippen molar-refractivity contribution in [2.24, 2.45) is 0 Å². The number of aliphatic hydroxyl groups excluding tert-OH is 1. The van der Waals surface area contributed by atoms with Crippen molar-refractivity contribution in [3.8, 4) is 11.6 Å². The normalized spacial score (nSPS) is 12.1. The molecule has 2 rings (SSSR count). The van der Waals surface area contributed by atoms with E-state index in [0.717, 1.165) is 0 Å². The van der Waals surface area contributed by atoms with Crippen molar-refractivity contribution in [1.82, 2.24) is 14.8 Å². The van der Waals surface area contributed by atoms with Gasteiger partial charge < -0.3 is 14.9 Å². The van der Waals surface area contributed by atoms with E-state index >= 15 is 0 Å². The number of aromatic nitrogens is 3. The van der Waals surface area contributed by atoms with Crippen molar-refractivity contribution in [2.75, 3.05) is 6.61 Å². The number of carbonyl (C=O) groups is 1. The molecule has 0 unspecified atom stereocenters. The number of hydrogen-bond donors (Lipinski definition) is 2. The van der Waals surface area contributed by atoms with E-state index in [0.29, 0.717) is 11.4 Å². The average molecular weight is 263 g/mol. The predicted molar refractivity (Wildman–Crippen MR) is 65.1 cm³/mol. The van der Waals surface area contributed by atoms with E-state index in [1.54, 1.807) is 36.1 Å². The standard InChI is InChI=1S/C12H13N3O4/c1-8(16)12-9(15-6-2-5-13-15)3-4-10(14-12)19-7-11(17)18/h2-6,8,16H,7H2,1H3,(H,17,18)/t8-/m1/s1. The van der Waals surface area contributed by atoms with Crippen LogP contribution in [0.5, 0.6) is 5.88 Å². The molecular formula is C12H13N3O4. The van der Waals surface area contributed by atoms with Crippen molar-refractivity contribution < 1.29 is 19.7 Å². The second kappa shape index (κ2) is 5.49. The first kappa shape index (κ1) is 13.0. The van der Waals surface area contributed by atoms with Crippen LogP contribution < -0.4 is 4.74 Å². The van der Waals surface area contributed by atoms with Crippen LogP contribution in [0.15, 0.2) is 30.6 Å². The quantitative estimate of drug-likeness (QED) is 0.827. The molecule has 2 heterocycles. The molecule has 0 fully saturated rings. The van der Waals surface area contributed by atoms with Gasteiger partial charge in [0.25, 0.3) is 0 Å². The molecule has 1 atom stereocenters. The zero-order chi connectivity index (χ0) is 13.8. The minimum absolute atomic E-state index is 0.147. The highest BCUT2D eigenvalue weighted by molar-refractivity contribution is 5.68. The molecule has 0 amide bonds. The van der Waals surface area contributed by atoms with E-state index in [2.05, 4.69) is 10.1 Å². The fourth-order valence-electron chi connectivity index (χ4n) is 1.58. The van der Waals surface area contributed by atoms with Crippen LogP contribution in [0.1, 0.15) is 18.7 Å². The lowest BCUT2D eigenvalue weighted by Gasteiger charge is -2.12. The van der Waals surface area contributed by atoms with Crippen LogP contribution in [-0.4, -0.2) is 37.6 Å². The molecule has 0 saturated carbocycles. The number of carboxylic acids is 1. The largest absolute Gasteiger partial charge is 0.479 e. The first-order valence-corrected chi connectivity index (χ1v) is 5.61. The molecule has 2 N–H and O–H groups in total. The molecule has 0 radical (unpaired) electrons. The van der Waals surface area contributed by atoms with Gasteiger partial charge in [0.15, 0.2) is 6.61 Å². The third-order valence-electron chi connectivity index (χ3n) is 2.37. The van der Waals surface area contributed by atoms with E-state index in [1.807, 2.05) is 0 Å². The molecule has 7 heteroatoms. The Bertz CT molecular complexity index is 566. The minimum Gasteiger partial charge on any atom is -0.479 e. The Balaban J connectivity index is 2.33. The Morgan fingerprint density at radius 3 is 2.89 bits per heavy atom. The first-order chi connectivity index (χ1) is 9.08. The monoisotopic (exact) mass is 263 g/mol. The number of aliphatic carboxylic acids is 1. The van der Waals surface area contributed by atoms with Gasteiger partial charge in [-0.2, -0.15) is 5.10 Å². The molecule has 0 spiro atoms. The third kappa shape index (κ3) is 3.08. The Morgan fingerprint density at radius 1 is 1.53 bits per heavy atom. The number of pyridine rings is 1. The molecule has 0 aromatic carbocycles. The van der Waals surface area contributed by atoms with Crippen molar-refractivity contribution in [3.05, 3.63) is 36.3 Å². The van der Waals surface area contributed by atoms with Gasteiger partial charge in [-0.1, -0.05) is 0 Å². The Morgan fingerprint density at radius 2 is 2.32 bits per heavy atom. The molecule has 0 aliphatic carbocycles. The van der Waals surface area contributed by atoms with Gasteiger partial charge in [-0.05, 0) is 19.1 Å². The van der Waals surface area contributed by atoms with Crippen LogP contribution in [0, 0.1) is 0 Å². The summed E-state index contributed by atoms with van der Waals surface area (Å²) >= 11 is 0. The Kier molecular flexibility index (Phi) is 3.76. The maximum Gasteiger partial charge on any atom is 0.341 e. The molecule has 2 aromatic rings. The van der Waals surface area contributed by atoms with Crippen LogP contribution in [0.25, 0.3) is 5.69 Å². The summed E-state index contributed by atoms with van der Waals surface area (Å²) in [5, 5.41) is 22.3. The van der Waals surface area contributed by atoms with E-state index in [4.69, 9.17) is 9.84 Å². The van der Waals surface area contributed by atoms with E-state index in [9.17, 15) is 9.90 Å². The van der Waals surface area contributed by atoms with Gasteiger partial charge in [0.2, 0.25) is 5.88 Å². The molecule has 100 valence electrons. The second-order valence-corrected chi connectivity index (χ2v) is 3.86. The predicted octanol–water partition coefficient (Wildman–Crippen LogP) is 0.784. The van der Waals surface area contributed by atoms with Gasteiger partial charge in [-0.15, -0.1) is 0 Å². The van der Waals surface area contributed by atoms with E-state index in [1.165, 1.54) is 6.07 Å². The van der Waals surface area contributed by atoms with Crippen LogP contribution in [0.3, 0.4) is 0 Å². The lowest BCUT2D eigenvalue weighted by molar-refractivity contribution is -0.139. The highest BCUT2D eigenvalue weighted by atomic mass is 16.5. The first-order valence-electron chi connectivity index (χ1n) is 5.61. The fraction of sp³-hybridized carbons (Fsp3) is 0.250. The van der Waals surface area contributed by atoms with Gasteiger partial charge in [-0.25, -0.2) is 14.5 Å². The number of aliphatic hydroxyl groups is 1. The van der Waals surface area contributed by atoms with Crippen LogP contribution in [0.4, 0.5) is 0 Å². The number of rotatable bonds is 5. The SMILES string of the molecule is C[C@@H](O)c1nc(OCC(=O)O)ccc1-n1cccn1. The molecule has 2 aromatic heterocycles. The lowest BCUT2D eigenvalue weighted by Crippen LogP contribution is -2.12. The highest BCUT2D eigenvalue weighted by Gasteiger charge is 2.14. The maximum absolute atomic E-state index is 10.4. The number of carboxylic acid groups (broad SMARTS) is 1. The molecule has 0 saturated heterocycles. The number of nitrogens with zero attached hydrogens (tertiary/aromatic N) is 3. The van der Waals surface area contributed by atoms with E-state index < -0.39 is 18.7 Å².